The van der Waals surface area contributed by atoms with Gasteiger partial charge in [-0.25, -0.2) is 0 Å². The molecule has 0 bridgehead atoms. The average molecular weight is 364 g/mol. The second kappa shape index (κ2) is 9.94. The quantitative estimate of drug-likeness (QED) is 0.443. The first kappa shape index (κ1) is 22.3. The van der Waals surface area contributed by atoms with Crippen LogP contribution >= 0.6 is 0 Å². The number of piperidine rings is 1. The van der Waals surface area contributed by atoms with Crippen LogP contribution in [0.4, 0.5) is 0 Å². The van der Waals surface area contributed by atoms with Gasteiger partial charge in [-0.2, -0.15) is 0 Å². The summed E-state index contributed by atoms with van der Waals surface area (Å²) in [5, 5.41) is 0. The first-order valence-corrected chi connectivity index (χ1v) is 12.2. The molecule has 154 valence electrons. The van der Waals surface area contributed by atoms with E-state index < -0.39 is 0 Å². The van der Waals surface area contributed by atoms with Gasteiger partial charge in [0.05, 0.1) is 0 Å². The molecule has 2 rings (SSSR count). The van der Waals surface area contributed by atoms with Crippen LogP contribution in [-0.4, -0.2) is 23.0 Å². The molecule has 1 nitrogen and oxygen atoms in total. The molecule has 1 saturated heterocycles. The van der Waals surface area contributed by atoms with Gasteiger partial charge < -0.3 is 0 Å². The largest absolute Gasteiger partial charge is 0.293 e. The fourth-order valence-corrected chi connectivity index (χ4v) is 6.12. The van der Waals surface area contributed by atoms with E-state index in [2.05, 4.69) is 46.4 Å². The highest BCUT2D eigenvalue weighted by Crippen LogP contribution is 2.48. The molecule has 1 aliphatic carbocycles. The molecule has 0 radical (unpaired) electrons. The van der Waals surface area contributed by atoms with Gasteiger partial charge in [-0.05, 0) is 62.2 Å². The molecule has 0 spiro atoms. The van der Waals surface area contributed by atoms with Crippen molar-refractivity contribution in [3.8, 4) is 0 Å². The molecule has 2 unspecified atom stereocenters. The van der Waals surface area contributed by atoms with Crippen molar-refractivity contribution in [2.75, 3.05) is 0 Å². The lowest BCUT2D eigenvalue weighted by Crippen LogP contribution is -2.61. The van der Waals surface area contributed by atoms with Gasteiger partial charge in [-0.3, -0.25) is 4.90 Å². The first-order valence-electron chi connectivity index (χ1n) is 12.2. The lowest BCUT2D eigenvalue weighted by molar-refractivity contribution is -0.0821. The second-order valence-electron chi connectivity index (χ2n) is 10.1. The Morgan fingerprint density at radius 3 is 1.35 bits per heavy atom. The number of rotatable bonds is 7. The molecule has 1 aliphatic heterocycles. The second-order valence-corrected chi connectivity index (χ2v) is 10.1. The molecule has 0 amide bonds. The van der Waals surface area contributed by atoms with E-state index >= 15 is 0 Å². The maximum Gasteiger partial charge on any atom is 0.0155 e. The minimum Gasteiger partial charge on any atom is -0.293 e. The van der Waals surface area contributed by atoms with Crippen LogP contribution < -0.4 is 0 Å². The third kappa shape index (κ3) is 4.68. The molecule has 1 heterocycles. The fourth-order valence-electron chi connectivity index (χ4n) is 6.12. The van der Waals surface area contributed by atoms with Crippen molar-refractivity contribution in [3.63, 3.8) is 0 Å². The highest BCUT2D eigenvalue weighted by Gasteiger charge is 2.47. The summed E-state index contributed by atoms with van der Waals surface area (Å²) in [7, 11) is 0. The number of hydrogen-bond donors (Lipinski definition) is 0. The first-order chi connectivity index (χ1) is 12.5. The molecule has 0 N–H and O–H groups in total. The van der Waals surface area contributed by atoms with Crippen LogP contribution in [0.3, 0.4) is 0 Å². The van der Waals surface area contributed by atoms with Crippen LogP contribution in [0.25, 0.3) is 0 Å². The Kier molecular flexibility index (Phi) is 8.51. The van der Waals surface area contributed by atoms with Crippen LogP contribution in [0.15, 0.2) is 0 Å². The summed E-state index contributed by atoms with van der Waals surface area (Å²) in [6.07, 6.45) is 19.9. The number of hydrogen-bond acceptors (Lipinski definition) is 1. The molecule has 2 atom stereocenters. The summed E-state index contributed by atoms with van der Waals surface area (Å²) in [6.45, 7) is 15.0. The van der Waals surface area contributed by atoms with Gasteiger partial charge in [-0.15, -0.1) is 0 Å². The van der Waals surface area contributed by atoms with Crippen LogP contribution in [0, 0.1) is 10.8 Å². The van der Waals surface area contributed by atoms with E-state index in [0.29, 0.717) is 10.8 Å². The maximum absolute atomic E-state index is 3.16. The van der Waals surface area contributed by atoms with Crippen LogP contribution in [0.1, 0.15) is 131 Å². The zero-order valence-corrected chi connectivity index (χ0v) is 19.1. The minimum atomic E-state index is 0.490. The summed E-state index contributed by atoms with van der Waals surface area (Å²) >= 11 is 0. The van der Waals surface area contributed by atoms with E-state index in [-0.39, 0.29) is 0 Å². The Morgan fingerprint density at radius 2 is 0.962 bits per heavy atom. The van der Waals surface area contributed by atoms with Crippen molar-refractivity contribution in [1.29, 1.82) is 0 Å². The van der Waals surface area contributed by atoms with Crippen molar-refractivity contribution in [2.24, 2.45) is 10.8 Å². The Hall–Kier alpha value is -0.0400. The third-order valence-corrected chi connectivity index (χ3v) is 9.01. The Morgan fingerprint density at radius 1 is 0.577 bits per heavy atom. The van der Waals surface area contributed by atoms with Gasteiger partial charge >= 0.3 is 0 Å². The lowest BCUT2D eigenvalue weighted by Gasteiger charge is -2.58. The van der Waals surface area contributed by atoms with Crippen molar-refractivity contribution in [2.45, 2.75) is 150 Å². The zero-order valence-electron chi connectivity index (χ0n) is 19.1. The van der Waals surface area contributed by atoms with Gasteiger partial charge in [0.25, 0.3) is 0 Å². The van der Waals surface area contributed by atoms with Crippen molar-refractivity contribution in [3.05, 3.63) is 0 Å². The molecule has 26 heavy (non-hydrogen) atoms. The van der Waals surface area contributed by atoms with E-state index in [4.69, 9.17) is 0 Å². The van der Waals surface area contributed by atoms with E-state index in [9.17, 15) is 0 Å². The van der Waals surface area contributed by atoms with Crippen LogP contribution in [0.2, 0.25) is 0 Å². The summed E-state index contributed by atoms with van der Waals surface area (Å²) < 4.78 is 0. The Labute approximate surface area is 165 Å². The lowest BCUT2D eigenvalue weighted by atomic mass is 9.66. The van der Waals surface area contributed by atoms with Gasteiger partial charge in [0.15, 0.2) is 0 Å². The molecule has 0 aromatic heterocycles. The van der Waals surface area contributed by atoms with Gasteiger partial charge in [-0.1, -0.05) is 80.1 Å². The summed E-state index contributed by atoms with van der Waals surface area (Å²) in [5.74, 6) is 0. The smallest absolute Gasteiger partial charge is 0.0155 e. The normalized spacial score (nSPS) is 27.9. The van der Waals surface area contributed by atoms with Crippen LogP contribution in [0.5, 0.6) is 0 Å². The standard InChI is InChI=1S/C25H49N/c1-7-24(5,8-2)22-19-16-20-23(25(6,9-3)10-4)26(22)21-17-14-12-11-13-15-18-21/h21-23H,7-20H2,1-6H3. The third-order valence-electron chi connectivity index (χ3n) is 9.01. The molecular weight excluding hydrogens is 314 g/mol. The maximum atomic E-state index is 3.16. The highest BCUT2D eigenvalue weighted by atomic mass is 15.2. The zero-order chi connectivity index (χ0) is 19.2. The average Bonchev–Trinajstić information content (AvgIpc) is 2.66. The van der Waals surface area contributed by atoms with E-state index in [1.807, 2.05) is 0 Å². The van der Waals surface area contributed by atoms with Gasteiger partial charge in [0, 0.05) is 18.1 Å². The Bertz CT molecular complexity index is 359. The van der Waals surface area contributed by atoms with E-state index in [1.54, 1.807) is 0 Å². The summed E-state index contributed by atoms with van der Waals surface area (Å²) in [4.78, 5) is 3.16. The molecule has 0 aromatic rings. The number of likely N-dealkylation sites (tertiary alicyclic amines) is 1. The molecule has 2 fully saturated rings. The topological polar surface area (TPSA) is 3.24 Å². The molecule has 0 aromatic carbocycles. The monoisotopic (exact) mass is 363 g/mol. The van der Waals surface area contributed by atoms with E-state index in [1.165, 1.54) is 89.9 Å². The van der Waals surface area contributed by atoms with Gasteiger partial charge in [0.2, 0.25) is 0 Å². The minimum absolute atomic E-state index is 0.490. The van der Waals surface area contributed by atoms with Gasteiger partial charge in [0.1, 0.15) is 0 Å². The Balaban J connectivity index is 2.39. The molecule has 1 saturated carbocycles. The molecule has 1 heteroatoms. The van der Waals surface area contributed by atoms with Crippen molar-refractivity contribution in [1.82, 2.24) is 4.90 Å². The van der Waals surface area contributed by atoms with E-state index in [0.717, 1.165) is 18.1 Å². The SMILES string of the molecule is CCC(C)(CC)C1CCCC(C(C)(CC)CC)N1C1CCCCCCC1. The summed E-state index contributed by atoms with van der Waals surface area (Å²) in [6, 6.07) is 2.46. The van der Waals surface area contributed by atoms with Crippen molar-refractivity contribution < 1.29 is 0 Å². The fraction of sp³-hybridized carbons (Fsp3) is 1.00. The molecular formula is C25H49N. The predicted molar refractivity (Wildman–Crippen MR) is 117 cm³/mol. The highest BCUT2D eigenvalue weighted by molar-refractivity contribution is 5.01. The van der Waals surface area contributed by atoms with Crippen LogP contribution in [-0.2, 0) is 0 Å². The summed E-state index contributed by atoms with van der Waals surface area (Å²) in [5.41, 5.74) is 0.979. The predicted octanol–water partition coefficient (Wildman–Crippen LogP) is 7.98. The number of nitrogens with zero attached hydrogens (tertiary/aromatic N) is 1. The van der Waals surface area contributed by atoms with Crippen molar-refractivity contribution >= 4 is 0 Å². The molecule has 2 aliphatic rings.